The molecule has 1 aliphatic rings. The minimum Gasteiger partial charge on any atom is -0.480 e. The maximum Gasteiger partial charge on any atom is 0.329 e. The van der Waals surface area contributed by atoms with Gasteiger partial charge in [-0.15, -0.1) is 0 Å². The summed E-state index contributed by atoms with van der Waals surface area (Å²) >= 11 is 0. The Morgan fingerprint density at radius 2 is 2.42 bits per heavy atom. The zero-order valence-electron chi connectivity index (χ0n) is 10.6. The van der Waals surface area contributed by atoms with Gasteiger partial charge in [0.15, 0.2) is 6.33 Å². The largest absolute Gasteiger partial charge is 0.480 e. The molecular weight excluding hydrogens is 252 g/mol. The van der Waals surface area contributed by atoms with Crippen molar-refractivity contribution in [1.29, 1.82) is 0 Å². The summed E-state index contributed by atoms with van der Waals surface area (Å²) < 4.78 is 4.80. The number of carbonyl (C=O) groups is 2. The molecule has 2 rings (SSSR count). The van der Waals surface area contributed by atoms with Gasteiger partial charge in [-0.05, 0) is 19.8 Å². The molecule has 2 amide bonds. The van der Waals surface area contributed by atoms with Gasteiger partial charge in [0.2, 0.25) is 5.89 Å². The predicted molar refractivity (Wildman–Crippen MR) is 63.4 cm³/mol. The fraction of sp³-hybridized carbons (Fsp3) is 0.636. The lowest BCUT2D eigenvalue weighted by Crippen LogP contribution is -2.54. The van der Waals surface area contributed by atoms with Crippen molar-refractivity contribution in [2.45, 2.75) is 31.7 Å². The molecule has 0 aromatic carbocycles. The van der Waals surface area contributed by atoms with Gasteiger partial charge < -0.3 is 19.8 Å². The summed E-state index contributed by atoms with van der Waals surface area (Å²) in [5.41, 5.74) is -1.12. The molecule has 1 atom stereocenters. The van der Waals surface area contributed by atoms with E-state index in [1.165, 1.54) is 11.2 Å². The Kier molecular flexibility index (Phi) is 3.68. The Balaban J connectivity index is 1.87. The number of carboxylic acids is 1. The van der Waals surface area contributed by atoms with Crippen molar-refractivity contribution in [1.82, 2.24) is 20.4 Å². The zero-order chi connectivity index (χ0) is 13.9. The fourth-order valence-corrected chi connectivity index (χ4v) is 2.19. The van der Waals surface area contributed by atoms with Crippen LogP contribution in [0.3, 0.4) is 0 Å². The highest BCUT2D eigenvalue weighted by atomic mass is 16.5. The lowest BCUT2D eigenvalue weighted by Gasteiger charge is -2.31. The Morgan fingerprint density at radius 3 is 3.05 bits per heavy atom. The monoisotopic (exact) mass is 268 g/mol. The molecule has 0 radical (unpaired) electrons. The number of carbonyl (C=O) groups excluding carboxylic acids is 1. The Hall–Kier alpha value is -2.12. The first-order valence-corrected chi connectivity index (χ1v) is 6.08. The van der Waals surface area contributed by atoms with E-state index < -0.39 is 11.5 Å². The number of hydrogen-bond acceptors (Lipinski definition) is 5. The summed E-state index contributed by atoms with van der Waals surface area (Å²) in [6, 6.07) is -0.373. The molecule has 0 spiro atoms. The minimum absolute atomic E-state index is 0.327. The number of aromatic nitrogens is 2. The topological polar surface area (TPSA) is 109 Å². The van der Waals surface area contributed by atoms with E-state index in [1.807, 2.05) is 0 Å². The van der Waals surface area contributed by atoms with Crippen LogP contribution in [0, 0.1) is 0 Å². The van der Waals surface area contributed by atoms with Crippen LogP contribution in [0.5, 0.6) is 0 Å². The van der Waals surface area contributed by atoms with E-state index in [0.29, 0.717) is 38.2 Å². The van der Waals surface area contributed by atoms with E-state index >= 15 is 0 Å². The van der Waals surface area contributed by atoms with Crippen LogP contribution in [0.2, 0.25) is 0 Å². The number of nitrogens with one attached hydrogen (secondary N) is 1. The molecule has 104 valence electrons. The summed E-state index contributed by atoms with van der Waals surface area (Å²) in [5, 5.41) is 15.3. The van der Waals surface area contributed by atoms with Gasteiger partial charge in [-0.25, -0.2) is 9.59 Å². The maximum absolute atomic E-state index is 12.0. The molecule has 0 saturated carbocycles. The predicted octanol–water partition coefficient (Wildman–Crippen LogP) is 0.261. The summed E-state index contributed by atoms with van der Waals surface area (Å²) in [4.78, 5) is 28.4. The molecule has 0 aliphatic carbocycles. The number of amides is 2. The van der Waals surface area contributed by atoms with Crippen LogP contribution in [-0.4, -0.2) is 50.8 Å². The molecule has 1 aromatic heterocycles. The number of rotatable bonds is 4. The highest BCUT2D eigenvalue weighted by Gasteiger charge is 2.45. The van der Waals surface area contributed by atoms with Gasteiger partial charge in [0, 0.05) is 19.5 Å². The van der Waals surface area contributed by atoms with E-state index in [2.05, 4.69) is 15.5 Å². The normalized spacial score (nSPS) is 22.5. The number of aliphatic carboxylic acids is 1. The zero-order valence-corrected chi connectivity index (χ0v) is 10.6. The maximum atomic E-state index is 12.0. The van der Waals surface area contributed by atoms with Crippen molar-refractivity contribution in [2.24, 2.45) is 0 Å². The van der Waals surface area contributed by atoms with Crippen LogP contribution in [0.1, 0.15) is 25.7 Å². The molecule has 8 heteroatoms. The summed E-state index contributed by atoms with van der Waals surface area (Å²) in [5.74, 6) is -0.542. The molecule has 1 saturated heterocycles. The molecule has 2 N–H and O–H groups in total. The van der Waals surface area contributed by atoms with Crippen LogP contribution < -0.4 is 5.32 Å². The quantitative estimate of drug-likeness (QED) is 0.810. The first kappa shape index (κ1) is 13.3. The molecule has 2 heterocycles. The van der Waals surface area contributed by atoms with Crippen LogP contribution in [-0.2, 0) is 11.2 Å². The third-order valence-corrected chi connectivity index (χ3v) is 3.37. The van der Waals surface area contributed by atoms with Gasteiger partial charge in [0.25, 0.3) is 0 Å². The third-order valence-electron chi connectivity index (χ3n) is 3.37. The molecule has 1 unspecified atom stereocenters. The second-order valence-electron chi connectivity index (χ2n) is 4.65. The second-order valence-corrected chi connectivity index (χ2v) is 4.65. The van der Waals surface area contributed by atoms with E-state index in [0.717, 1.165) is 0 Å². The van der Waals surface area contributed by atoms with Gasteiger partial charge in [0.1, 0.15) is 5.54 Å². The number of nitrogens with zero attached hydrogens (tertiary/aromatic N) is 3. The van der Waals surface area contributed by atoms with E-state index in [-0.39, 0.29) is 6.03 Å². The molecule has 8 nitrogen and oxygen atoms in total. The first-order chi connectivity index (χ1) is 9.04. The van der Waals surface area contributed by atoms with Crippen LogP contribution in [0.15, 0.2) is 10.9 Å². The lowest BCUT2D eigenvalue weighted by molar-refractivity contribution is -0.147. The average Bonchev–Trinajstić information content (AvgIpc) is 2.99. The molecule has 1 aromatic rings. The second kappa shape index (κ2) is 5.25. The van der Waals surface area contributed by atoms with Gasteiger partial charge in [-0.1, -0.05) is 5.16 Å². The number of likely N-dealkylation sites (tertiary alicyclic amines) is 1. The Labute approximate surface area is 109 Å². The lowest BCUT2D eigenvalue weighted by atomic mass is 10.00. The van der Waals surface area contributed by atoms with Crippen molar-refractivity contribution < 1.29 is 19.2 Å². The summed E-state index contributed by atoms with van der Waals surface area (Å²) in [7, 11) is 0. The van der Waals surface area contributed by atoms with E-state index in [1.54, 1.807) is 6.92 Å². The third kappa shape index (κ3) is 2.67. The van der Waals surface area contributed by atoms with Crippen LogP contribution >= 0.6 is 0 Å². The first-order valence-electron chi connectivity index (χ1n) is 6.08. The Morgan fingerprint density at radius 1 is 1.63 bits per heavy atom. The smallest absolute Gasteiger partial charge is 0.329 e. The van der Waals surface area contributed by atoms with Crippen molar-refractivity contribution in [2.75, 3.05) is 13.1 Å². The SMILES string of the molecule is CC1(C(=O)O)CCCN1C(=O)NCCc1ncno1. The summed E-state index contributed by atoms with van der Waals surface area (Å²) in [6.07, 6.45) is 2.88. The molecule has 19 heavy (non-hydrogen) atoms. The fourth-order valence-electron chi connectivity index (χ4n) is 2.19. The van der Waals surface area contributed by atoms with E-state index in [4.69, 9.17) is 4.52 Å². The minimum atomic E-state index is -1.12. The Bertz CT molecular complexity index is 461. The van der Waals surface area contributed by atoms with Gasteiger partial charge >= 0.3 is 12.0 Å². The highest BCUT2D eigenvalue weighted by molar-refractivity contribution is 5.86. The van der Waals surface area contributed by atoms with Crippen molar-refractivity contribution in [3.63, 3.8) is 0 Å². The molecule has 1 aliphatic heterocycles. The van der Waals surface area contributed by atoms with Gasteiger partial charge in [-0.3, -0.25) is 0 Å². The molecular formula is C11H16N4O4. The van der Waals surface area contributed by atoms with E-state index in [9.17, 15) is 14.7 Å². The number of urea groups is 1. The number of carboxylic acid groups (broad SMARTS) is 1. The van der Waals surface area contributed by atoms with Gasteiger partial charge in [0.05, 0.1) is 0 Å². The highest BCUT2D eigenvalue weighted by Crippen LogP contribution is 2.29. The molecule has 1 fully saturated rings. The number of hydrogen-bond donors (Lipinski definition) is 2. The average molecular weight is 268 g/mol. The standard InChI is InChI=1S/C11H16N4O4/c1-11(9(16)17)4-2-6-15(11)10(18)12-5-3-8-13-7-14-19-8/h7H,2-6H2,1H3,(H,12,18)(H,16,17). The van der Waals surface area contributed by atoms with Gasteiger partial charge in [-0.2, -0.15) is 4.98 Å². The summed E-state index contributed by atoms with van der Waals surface area (Å²) in [6.45, 7) is 2.35. The molecule has 0 bridgehead atoms. The van der Waals surface area contributed by atoms with Crippen LogP contribution in [0.4, 0.5) is 4.79 Å². The van der Waals surface area contributed by atoms with Crippen molar-refractivity contribution in [3.8, 4) is 0 Å². The van der Waals surface area contributed by atoms with Crippen LogP contribution in [0.25, 0.3) is 0 Å². The van der Waals surface area contributed by atoms with Crippen molar-refractivity contribution >= 4 is 12.0 Å². The van der Waals surface area contributed by atoms with Crippen molar-refractivity contribution in [3.05, 3.63) is 12.2 Å².